The lowest BCUT2D eigenvalue weighted by Crippen LogP contribution is -2.34. The van der Waals surface area contributed by atoms with Gasteiger partial charge in [0.15, 0.2) is 0 Å². The van der Waals surface area contributed by atoms with E-state index < -0.39 is 0 Å². The Hall–Kier alpha value is -0.570. The van der Waals surface area contributed by atoms with Gasteiger partial charge in [-0.2, -0.15) is 0 Å². The van der Waals surface area contributed by atoms with Crippen LogP contribution in [-0.2, 0) is 4.79 Å². The minimum Gasteiger partial charge on any atom is -0.355 e. The second-order valence-corrected chi connectivity index (χ2v) is 4.07. The van der Waals surface area contributed by atoms with Crippen LogP contribution in [0.15, 0.2) is 0 Å². The van der Waals surface area contributed by atoms with Gasteiger partial charge in [0.2, 0.25) is 5.91 Å². The summed E-state index contributed by atoms with van der Waals surface area (Å²) in [5.74, 6) is 0.809. The number of rotatable bonds is 1. The quantitative estimate of drug-likeness (QED) is 0.607. The topological polar surface area (TPSA) is 32.3 Å². The fourth-order valence-corrected chi connectivity index (χ4v) is 1.78. The van der Waals surface area contributed by atoms with Gasteiger partial charge in [-0.15, -0.1) is 0 Å². The Balaban J connectivity index is 1.96. The molecule has 1 atom stereocenters. The molecule has 12 heavy (non-hydrogen) atoms. The van der Waals surface area contributed by atoms with Crippen molar-refractivity contribution in [3.63, 3.8) is 0 Å². The highest BCUT2D eigenvalue weighted by atomic mass is 16.2. The minimum absolute atomic E-state index is 0.200. The summed E-state index contributed by atoms with van der Waals surface area (Å²) in [4.78, 5) is 13.5. The van der Waals surface area contributed by atoms with Gasteiger partial charge >= 0.3 is 0 Å². The zero-order valence-corrected chi connectivity index (χ0v) is 7.55. The highest BCUT2D eigenvalue weighted by Gasteiger charge is 2.32. The standard InChI is InChI=1S/C9H16N2O/c1-7-4-10-9(12)6-11(5-7)8-2-3-8/h7-8H,2-6H2,1H3,(H,10,12)/t7-/m1/s1. The van der Waals surface area contributed by atoms with Crippen molar-refractivity contribution in [1.29, 1.82) is 0 Å². The molecule has 1 saturated carbocycles. The number of amides is 1. The Kier molecular flexibility index (Phi) is 2.05. The normalized spacial score (nSPS) is 32.8. The average molecular weight is 168 g/mol. The lowest BCUT2D eigenvalue weighted by Gasteiger charge is -2.19. The van der Waals surface area contributed by atoms with E-state index >= 15 is 0 Å². The molecule has 1 amide bonds. The molecule has 0 aromatic rings. The van der Waals surface area contributed by atoms with Crippen molar-refractivity contribution < 1.29 is 4.79 Å². The van der Waals surface area contributed by atoms with E-state index in [1.807, 2.05) is 0 Å². The average Bonchev–Trinajstić information content (AvgIpc) is 2.79. The fourth-order valence-electron chi connectivity index (χ4n) is 1.78. The molecule has 3 heteroatoms. The van der Waals surface area contributed by atoms with Crippen molar-refractivity contribution in [2.24, 2.45) is 5.92 Å². The van der Waals surface area contributed by atoms with Gasteiger partial charge in [0.25, 0.3) is 0 Å². The Labute approximate surface area is 73.1 Å². The molecule has 0 unspecified atom stereocenters. The summed E-state index contributed by atoms with van der Waals surface area (Å²) < 4.78 is 0. The molecule has 3 nitrogen and oxygen atoms in total. The van der Waals surface area contributed by atoms with Crippen molar-refractivity contribution in [3.8, 4) is 0 Å². The van der Waals surface area contributed by atoms with Crippen molar-refractivity contribution >= 4 is 5.91 Å². The first-order valence-electron chi connectivity index (χ1n) is 4.76. The molecule has 2 aliphatic rings. The lowest BCUT2D eigenvalue weighted by molar-refractivity contribution is -0.121. The number of hydrogen-bond acceptors (Lipinski definition) is 2. The first-order chi connectivity index (χ1) is 5.75. The molecule has 1 aliphatic carbocycles. The summed E-state index contributed by atoms with van der Waals surface area (Å²) in [5, 5.41) is 2.93. The van der Waals surface area contributed by atoms with E-state index in [-0.39, 0.29) is 5.91 Å². The van der Waals surface area contributed by atoms with Gasteiger partial charge in [-0.1, -0.05) is 6.92 Å². The minimum atomic E-state index is 0.200. The number of carbonyl (C=O) groups is 1. The van der Waals surface area contributed by atoms with Gasteiger partial charge < -0.3 is 5.32 Å². The first kappa shape index (κ1) is 8.05. The summed E-state index contributed by atoms with van der Waals surface area (Å²) in [5.41, 5.74) is 0. The molecule has 2 fully saturated rings. The van der Waals surface area contributed by atoms with Crippen LogP contribution in [0.4, 0.5) is 0 Å². The monoisotopic (exact) mass is 168 g/mol. The van der Waals surface area contributed by atoms with E-state index in [9.17, 15) is 4.79 Å². The van der Waals surface area contributed by atoms with Crippen LogP contribution in [0, 0.1) is 5.92 Å². The Morgan fingerprint density at radius 2 is 2.25 bits per heavy atom. The van der Waals surface area contributed by atoms with E-state index in [0.717, 1.165) is 19.1 Å². The van der Waals surface area contributed by atoms with Gasteiger partial charge in [0, 0.05) is 19.1 Å². The van der Waals surface area contributed by atoms with Crippen LogP contribution in [0.2, 0.25) is 0 Å². The van der Waals surface area contributed by atoms with Crippen LogP contribution in [0.25, 0.3) is 0 Å². The van der Waals surface area contributed by atoms with Crippen molar-refractivity contribution in [2.75, 3.05) is 19.6 Å². The SMILES string of the molecule is C[C@@H]1CNC(=O)CN(C2CC2)C1. The summed E-state index contributed by atoms with van der Waals surface area (Å²) in [7, 11) is 0. The zero-order chi connectivity index (χ0) is 8.55. The van der Waals surface area contributed by atoms with Crippen LogP contribution < -0.4 is 5.32 Å². The highest BCUT2D eigenvalue weighted by molar-refractivity contribution is 5.78. The predicted molar refractivity (Wildman–Crippen MR) is 46.8 cm³/mol. The van der Waals surface area contributed by atoms with E-state index in [1.165, 1.54) is 12.8 Å². The maximum Gasteiger partial charge on any atom is 0.234 e. The molecular weight excluding hydrogens is 152 g/mol. The third kappa shape index (κ3) is 1.78. The summed E-state index contributed by atoms with van der Waals surface area (Å²) in [6, 6.07) is 0.719. The Morgan fingerprint density at radius 3 is 2.92 bits per heavy atom. The van der Waals surface area contributed by atoms with Crippen LogP contribution in [0.1, 0.15) is 19.8 Å². The molecule has 0 spiro atoms. The van der Waals surface area contributed by atoms with Gasteiger partial charge in [-0.3, -0.25) is 9.69 Å². The van der Waals surface area contributed by atoms with Crippen molar-refractivity contribution in [2.45, 2.75) is 25.8 Å². The van der Waals surface area contributed by atoms with Crippen LogP contribution >= 0.6 is 0 Å². The Morgan fingerprint density at radius 1 is 1.50 bits per heavy atom. The second kappa shape index (κ2) is 3.05. The summed E-state index contributed by atoms with van der Waals surface area (Å²) in [6.07, 6.45) is 2.58. The predicted octanol–water partition coefficient (Wildman–Crippen LogP) is 0.217. The smallest absolute Gasteiger partial charge is 0.234 e. The van der Waals surface area contributed by atoms with Crippen LogP contribution in [0.3, 0.4) is 0 Å². The molecule has 0 bridgehead atoms. The fraction of sp³-hybridized carbons (Fsp3) is 0.889. The van der Waals surface area contributed by atoms with Crippen molar-refractivity contribution in [3.05, 3.63) is 0 Å². The van der Waals surface area contributed by atoms with Crippen LogP contribution in [-0.4, -0.2) is 36.5 Å². The largest absolute Gasteiger partial charge is 0.355 e. The van der Waals surface area contributed by atoms with E-state index in [4.69, 9.17) is 0 Å². The molecule has 0 aromatic carbocycles. The maximum absolute atomic E-state index is 11.2. The molecule has 1 heterocycles. The molecule has 68 valence electrons. The molecule has 0 aromatic heterocycles. The van der Waals surface area contributed by atoms with Crippen molar-refractivity contribution in [1.82, 2.24) is 10.2 Å². The third-order valence-corrected chi connectivity index (χ3v) is 2.60. The van der Waals surface area contributed by atoms with E-state index in [1.54, 1.807) is 0 Å². The van der Waals surface area contributed by atoms with E-state index in [2.05, 4.69) is 17.1 Å². The van der Waals surface area contributed by atoms with Crippen LogP contribution in [0.5, 0.6) is 0 Å². The summed E-state index contributed by atoms with van der Waals surface area (Å²) in [6.45, 7) is 4.75. The molecule has 1 aliphatic heterocycles. The van der Waals surface area contributed by atoms with Gasteiger partial charge in [-0.05, 0) is 18.8 Å². The molecule has 2 rings (SSSR count). The number of carbonyl (C=O) groups excluding carboxylic acids is 1. The second-order valence-electron chi connectivity index (χ2n) is 4.07. The molecule has 1 N–H and O–H groups in total. The van der Waals surface area contributed by atoms with Gasteiger partial charge in [0.05, 0.1) is 6.54 Å². The molecule has 0 radical (unpaired) electrons. The number of nitrogens with one attached hydrogen (secondary N) is 1. The van der Waals surface area contributed by atoms with E-state index in [0.29, 0.717) is 12.5 Å². The molecule has 1 saturated heterocycles. The third-order valence-electron chi connectivity index (χ3n) is 2.60. The molecular formula is C9H16N2O. The lowest BCUT2D eigenvalue weighted by atomic mass is 10.2. The maximum atomic E-state index is 11.2. The number of nitrogens with zero attached hydrogens (tertiary/aromatic N) is 1. The summed E-state index contributed by atoms with van der Waals surface area (Å²) >= 11 is 0. The first-order valence-corrected chi connectivity index (χ1v) is 4.76. The number of hydrogen-bond donors (Lipinski definition) is 1. The highest BCUT2D eigenvalue weighted by Crippen LogP contribution is 2.27. The Bertz CT molecular complexity index is 189. The van der Waals surface area contributed by atoms with Gasteiger partial charge in [0.1, 0.15) is 0 Å². The van der Waals surface area contributed by atoms with Gasteiger partial charge in [-0.25, -0.2) is 0 Å². The zero-order valence-electron chi connectivity index (χ0n) is 7.55.